The van der Waals surface area contributed by atoms with Crippen LogP contribution in [0, 0.1) is 0 Å². The van der Waals surface area contributed by atoms with Crippen LogP contribution < -0.4 is 25.9 Å². The van der Waals surface area contributed by atoms with E-state index in [1.807, 2.05) is 0 Å². The standard InChI is InChI=1S/C19H17N5O5/c25-17(20-8-9-23-18(26)2-1-7-21-23)11-24-19(27)6-4-14(22-24)13-3-5-15-16(10-13)29-12-28-15/h1-7,10H,8-9,11-12H2,(H,20,25). The molecule has 1 aliphatic heterocycles. The van der Waals surface area contributed by atoms with Gasteiger partial charge in [0.25, 0.3) is 11.1 Å². The van der Waals surface area contributed by atoms with Gasteiger partial charge < -0.3 is 14.8 Å². The molecule has 3 aromatic rings. The van der Waals surface area contributed by atoms with Gasteiger partial charge in [0.05, 0.1) is 12.2 Å². The lowest BCUT2D eigenvalue weighted by Crippen LogP contribution is -2.36. The number of carbonyl (C=O) groups excluding carboxylic acids is 1. The molecule has 3 heterocycles. The number of aromatic nitrogens is 4. The number of ether oxygens (including phenoxy) is 2. The highest BCUT2D eigenvalue weighted by Crippen LogP contribution is 2.35. The molecule has 0 saturated heterocycles. The van der Waals surface area contributed by atoms with Gasteiger partial charge in [0.2, 0.25) is 12.7 Å². The molecule has 1 N–H and O–H groups in total. The first kappa shape index (κ1) is 18.4. The average molecular weight is 395 g/mol. The van der Waals surface area contributed by atoms with E-state index in [9.17, 15) is 14.4 Å². The van der Waals surface area contributed by atoms with E-state index in [4.69, 9.17) is 9.47 Å². The Labute approximate surface area is 164 Å². The molecule has 0 spiro atoms. The number of hydrogen-bond donors (Lipinski definition) is 1. The Morgan fingerprint density at radius 2 is 1.86 bits per heavy atom. The highest BCUT2D eigenvalue weighted by atomic mass is 16.7. The summed E-state index contributed by atoms with van der Waals surface area (Å²) in [6.07, 6.45) is 1.49. The van der Waals surface area contributed by atoms with Crippen molar-refractivity contribution in [1.82, 2.24) is 24.9 Å². The maximum Gasteiger partial charge on any atom is 0.267 e. The highest BCUT2D eigenvalue weighted by Gasteiger charge is 2.15. The first-order valence-corrected chi connectivity index (χ1v) is 8.87. The summed E-state index contributed by atoms with van der Waals surface area (Å²) in [6, 6.07) is 11.2. The number of rotatable bonds is 6. The summed E-state index contributed by atoms with van der Waals surface area (Å²) in [4.78, 5) is 35.9. The van der Waals surface area contributed by atoms with Gasteiger partial charge in [0, 0.05) is 30.4 Å². The zero-order valence-corrected chi connectivity index (χ0v) is 15.3. The molecule has 29 heavy (non-hydrogen) atoms. The molecule has 0 fully saturated rings. The summed E-state index contributed by atoms with van der Waals surface area (Å²) < 4.78 is 13.0. The van der Waals surface area contributed by atoms with Gasteiger partial charge in [-0.05, 0) is 30.3 Å². The lowest BCUT2D eigenvalue weighted by molar-refractivity contribution is -0.121. The van der Waals surface area contributed by atoms with Gasteiger partial charge in [-0.3, -0.25) is 14.4 Å². The predicted octanol–water partition coefficient (Wildman–Crippen LogP) is 0.0121. The van der Waals surface area contributed by atoms with E-state index in [1.54, 1.807) is 30.3 Å². The van der Waals surface area contributed by atoms with Crippen molar-refractivity contribution in [3.05, 3.63) is 69.4 Å². The first-order chi connectivity index (χ1) is 14.1. The fourth-order valence-electron chi connectivity index (χ4n) is 2.82. The molecule has 0 atom stereocenters. The lowest BCUT2D eigenvalue weighted by Gasteiger charge is -2.09. The Balaban J connectivity index is 1.42. The molecule has 0 bridgehead atoms. The third-order valence-corrected chi connectivity index (χ3v) is 4.26. The number of carbonyl (C=O) groups is 1. The van der Waals surface area contributed by atoms with Crippen LogP contribution in [0.4, 0.5) is 0 Å². The molecule has 0 unspecified atom stereocenters. The number of nitrogens with one attached hydrogen (secondary N) is 1. The molecule has 4 rings (SSSR count). The summed E-state index contributed by atoms with van der Waals surface area (Å²) in [7, 11) is 0. The van der Waals surface area contributed by atoms with Crippen molar-refractivity contribution in [1.29, 1.82) is 0 Å². The van der Waals surface area contributed by atoms with Gasteiger partial charge in [0.15, 0.2) is 11.5 Å². The summed E-state index contributed by atoms with van der Waals surface area (Å²) in [5.74, 6) is 0.851. The van der Waals surface area contributed by atoms with Crippen LogP contribution in [0.1, 0.15) is 0 Å². The molecule has 10 heteroatoms. The minimum absolute atomic E-state index is 0.163. The highest BCUT2D eigenvalue weighted by molar-refractivity contribution is 5.75. The molecule has 2 aromatic heterocycles. The monoisotopic (exact) mass is 395 g/mol. The van der Waals surface area contributed by atoms with Crippen molar-refractivity contribution < 1.29 is 14.3 Å². The molecule has 1 aliphatic rings. The van der Waals surface area contributed by atoms with Crippen molar-refractivity contribution in [2.75, 3.05) is 13.3 Å². The maximum absolute atomic E-state index is 12.2. The first-order valence-electron chi connectivity index (χ1n) is 8.87. The molecular weight excluding hydrogens is 378 g/mol. The molecule has 0 radical (unpaired) electrons. The number of benzene rings is 1. The third-order valence-electron chi connectivity index (χ3n) is 4.26. The SMILES string of the molecule is O=C(Cn1nc(-c2ccc3c(c2)OCO3)ccc1=O)NCCn1ncccc1=O. The Bertz CT molecular complexity index is 1170. The van der Waals surface area contributed by atoms with E-state index < -0.39 is 11.5 Å². The fraction of sp³-hybridized carbons (Fsp3) is 0.211. The molecule has 0 aliphatic carbocycles. The average Bonchev–Trinajstić information content (AvgIpc) is 3.19. The number of hydrogen-bond acceptors (Lipinski definition) is 7. The van der Waals surface area contributed by atoms with Crippen molar-refractivity contribution >= 4 is 5.91 Å². The largest absolute Gasteiger partial charge is 0.454 e. The lowest BCUT2D eigenvalue weighted by atomic mass is 10.1. The number of fused-ring (bicyclic) bond motifs is 1. The second-order valence-corrected chi connectivity index (χ2v) is 6.22. The van der Waals surface area contributed by atoms with Crippen molar-refractivity contribution in [3.8, 4) is 22.8 Å². The molecule has 1 aromatic carbocycles. The van der Waals surface area contributed by atoms with E-state index in [0.29, 0.717) is 17.2 Å². The second-order valence-electron chi connectivity index (χ2n) is 6.22. The quantitative estimate of drug-likeness (QED) is 0.625. The fourth-order valence-corrected chi connectivity index (χ4v) is 2.82. The van der Waals surface area contributed by atoms with Gasteiger partial charge in [-0.1, -0.05) is 0 Å². The topological polar surface area (TPSA) is 117 Å². The Hall–Kier alpha value is -3.95. The summed E-state index contributed by atoms with van der Waals surface area (Å²) >= 11 is 0. The third kappa shape index (κ3) is 4.15. The van der Waals surface area contributed by atoms with Crippen molar-refractivity contribution in [2.24, 2.45) is 0 Å². The van der Waals surface area contributed by atoms with Crippen LogP contribution in [0.25, 0.3) is 11.3 Å². The predicted molar refractivity (Wildman–Crippen MR) is 102 cm³/mol. The van der Waals surface area contributed by atoms with Gasteiger partial charge in [-0.25, -0.2) is 9.36 Å². The summed E-state index contributed by atoms with van der Waals surface area (Å²) in [5.41, 5.74) is 0.607. The maximum atomic E-state index is 12.2. The van der Waals surface area contributed by atoms with Crippen LogP contribution >= 0.6 is 0 Å². The van der Waals surface area contributed by atoms with E-state index in [1.165, 1.54) is 23.0 Å². The Morgan fingerprint density at radius 1 is 1.03 bits per heavy atom. The minimum atomic E-state index is -0.398. The van der Waals surface area contributed by atoms with Crippen LogP contribution in [0.2, 0.25) is 0 Å². The Morgan fingerprint density at radius 3 is 2.72 bits per heavy atom. The van der Waals surface area contributed by atoms with Crippen LogP contribution in [0.5, 0.6) is 11.5 Å². The van der Waals surface area contributed by atoms with E-state index >= 15 is 0 Å². The zero-order valence-electron chi connectivity index (χ0n) is 15.3. The molecule has 0 saturated carbocycles. The van der Waals surface area contributed by atoms with Gasteiger partial charge in [-0.15, -0.1) is 0 Å². The van der Waals surface area contributed by atoms with E-state index in [0.717, 1.165) is 10.2 Å². The zero-order chi connectivity index (χ0) is 20.2. The second kappa shape index (κ2) is 7.97. The number of nitrogens with zero attached hydrogens (tertiary/aromatic N) is 4. The van der Waals surface area contributed by atoms with Crippen LogP contribution in [-0.4, -0.2) is 38.8 Å². The van der Waals surface area contributed by atoms with Gasteiger partial charge >= 0.3 is 0 Å². The van der Waals surface area contributed by atoms with Crippen LogP contribution in [0.3, 0.4) is 0 Å². The van der Waals surface area contributed by atoms with Crippen LogP contribution in [0.15, 0.2) is 58.3 Å². The van der Waals surface area contributed by atoms with Crippen molar-refractivity contribution in [2.45, 2.75) is 13.1 Å². The number of amides is 1. The minimum Gasteiger partial charge on any atom is -0.454 e. The van der Waals surface area contributed by atoms with Gasteiger partial charge in [0.1, 0.15) is 6.54 Å². The molecular formula is C19H17N5O5. The molecule has 1 amide bonds. The normalized spacial score (nSPS) is 12.0. The Kier molecular flexibility index (Phi) is 5.06. The summed E-state index contributed by atoms with van der Waals surface area (Å²) in [6.45, 7) is 0.349. The van der Waals surface area contributed by atoms with Crippen molar-refractivity contribution in [3.63, 3.8) is 0 Å². The molecule has 10 nitrogen and oxygen atoms in total. The van der Waals surface area contributed by atoms with E-state index in [-0.39, 0.29) is 32.0 Å². The van der Waals surface area contributed by atoms with Crippen LogP contribution in [-0.2, 0) is 17.9 Å². The van der Waals surface area contributed by atoms with Gasteiger partial charge in [-0.2, -0.15) is 10.2 Å². The summed E-state index contributed by atoms with van der Waals surface area (Å²) in [5, 5.41) is 10.8. The molecule has 148 valence electrons. The van der Waals surface area contributed by atoms with E-state index in [2.05, 4.69) is 15.5 Å². The smallest absolute Gasteiger partial charge is 0.267 e.